The van der Waals surface area contributed by atoms with E-state index >= 15 is 0 Å². The molecule has 0 N–H and O–H groups in total. The summed E-state index contributed by atoms with van der Waals surface area (Å²) < 4.78 is 38.6. The van der Waals surface area contributed by atoms with Gasteiger partial charge in [-0.1, -0.05) is 0 Å². The zero-order valence-electron chi connectivity index (χ0n) is 16.0. The number of hydrogen-bond acceptors (Lipinski definition) is 4. The molecule has 8 heteroatoms. The number of aryl methyl sites for hydroxylation is 2. The van der Waals surface area contributed by atoms with Gasteiger partial charge < -0.3 is 9.80 Å². The van der Waals surface area contributed by atoms with Crippen molar-refractivity contribution in [1.82, 2.24) is 14.9 Å². The zero-order valence-corrected chi connectivity index (χ0v) is 16.0. The number of halogens is 3. The number of pyridine rings is 2. The molecule has 0 saturated carbocycles. The van der Waals surface area contributed by atoms with Crippen molar-refractivity contribution in [3.8, 4) is 0 Å². The van der Waals surface area contributed by atoms with Crippen LogP contribution in [0.5, 0.6) is 0 Å². The van der Waals surface area contributed by atoms with Crippen LogP contribution in [0.1, 0.15) is 47.1 Å². The van der Waals surface area contributed by atoms with Gasteiger partial charge in [-0.25, -0.2) is 0 Å². The van der Waals surface area contributed by atoms with E-state index in [9.17, 15) is 18.0 Å². The number of amides is 1. The smallest absolute Gasteiger partial charge is 0.371 e. The van der Waals surface area contributed by atoms with E-state index in [-0.39, 0.29) is 17.9 Å². The number of rotatable bonds is 3. The molecule has 1 fully saturated rings. The second kappa shape index (κ2) is 6.43. The molecule has 152 valence electrons. The largest absolute Gasteiger partial charge is 0.433 e. The van der Waals surface area contributed by atoms with Crippen LogP contribution in [-0.4, -0.2) is 33.9 Å². The standard InChI is InChI=1S/C21H21F3N4O/c1-12-6-14-2-3-17-20(14)16(26-12)11-28(17)19(29)7-13-9-27(10-13)15-4-5-25-18(8-15)21(22,23)24/h4-6,8,13,17H,2-3,7,9-11H2,1H3. The van der Waals surface area contributed by atoms with Gasteiger partial charge in [-0.2, -0.15) is 13.2 Å². The third-order valence-corrected chi connectivity index (χ3v) is 6.21. The second-order valence-electron chi connectivity index (χ2n) is 8.23. The van der Waals surface area contributed by atoms with Crippen LogP contribution in [0.25, 0.3) is 0 Å². The first-order valence-electron chi connectivity index (χ1n) is 9.86. The highest BCUT2D eigenvalue weighted by Crippen LogP contribution is 2.44. The van der Waals surface area contributed by atoms with E-state index in [4.69, 9.17) is 0 Å². The van der Waals surface area contributed by atoms with E-state index in [0.717, 1.165) is 30.3 Å². The Bertz CT molecular complexity index is 984. The molecule has 4 heterocycles. The quantitative estimate of drug-likeness (QED) is 0.786. The first kappa shape index (κ1) is 18.4. The minimum atomic E-state index is -4.45. The van der Waals surface area contributed by atoms with Gasteiger partial charge in [0.1, 0.15) is 5.69 Å². The maximum absolute atomic E-state index is 12.9. The summed E-state index contributed by atoms with van der Waals surface area (Å²) in [5.41, 5.74) is 4.21. The summed E-state index contributed by atoms with van der Waals surface area (Å²) in [4.78, 5) is 24.8. The molecule has 2 aromatic rings. The van der Waals surface area contributed by atoms with Crippen LogP contribution in [0.2, 0.25) is 0 Å². The summed E-state index contributed by atoms with van der Waals surface area (Å²) in [7, 11) is 0. The number of alkyl halides is 3. The fourth-order valence-corrected chi connectivity index (χ4v) is 4.88. The topological polar surface area (TPSA) is 49.3 Å². The van der Waals surface area contributed by atoms with Gasteiger partial charge in [0.15, 0.2) is 0 Å². The van der Waals surface area contributed by atoms with Gasteiger partial charge in [0.2, 0.25) is 5.91 Å². The normalized spacial score (nSPS) is 20.8. The molecule has 2 aromatic heterocycles. The van der Waals surface area contributed by atoms with Crippen molar-refractivity contribution in [2.24, 2.45) is 5.92 Å². The molecule has 0 spiro atoms. The molecule has 1 aliphatic carbocycles. The number of hydrogen-bond donors (Lipinski definition) is 0. The van der Waals surface area contributed by atoms with Gasteiger partial charge in [-0.3, -0.25) is 14.8 Å². The van der Waals surface area contributed by atoms with E-state index in [2.05, 4.69) is 16.0 Å². The predicted octanol–water partition coefficient (Wildman–Crippen LogP) is 3.66. The van der Waals surface area contributed by atoms with E-state index in [1.807, 2.05) is 16.7 Å². The average Bonchev–Trinajstić information content (AvgIpc) is 3.21. The minimum Gasteiger partial charge on any atom is -0.371 e. The van der Waals surface area contributed by atoms with E-state index in [0.29, 0.717) is 31.7 Å². The SMILES string of the molecule is Cc1cc2c3c(n1)CN(C(=O)CC1CN(c4ccnc(C(F)(F)F)c4)C1)C3CC2. The summed E-state index contributed by atoms with van der Waals surface area (Å²) in [5, 5.41) is 0. The molecule has 1 saturated heterocycles. The number of anilines is 1. The molecule has 0 aromatic carbocycles. The molecule has 3 aliphatic rings. The molecule has 1 atom stereocenters. The van der Waals surface area contributed by atoms with Crippen LogP contribution < -0.4 is 4.90 Å². The van der Waals surface area contributed by atoms with Crippen molar-refractivity contribution in [2.45, 2.75) is 44.9 Å². The van der Waals surface area contributed by atoms with Crippen molar-refractivity contribution in [1.29, 1.82) is 0 Å². The molecule has 0 radical (unpaired) electrons. The maximum atomic E-state index is 12.9. The van der Waals surface area contributed by atoms with Gasteiger partial charge in [-0.15, -0.1) is 0 Å². The van der Waals surface area contributed by atoms with Crippen molar-refractivity contribution < 1.29 is 18.0 Å². The molecule has 2 aliphatic heterocycles. The Hall–Kier alpha value is -2.64. The van der Waals surface area contributed by atoms with Crippen molar-refractivity contribution >= 4 is 11.6 Å². The molecular formula is C21H21F3N4O. The van der Waals surface area contributed by atoms with Crippen LogP contribution in [0.4, 0.5) is 18.9 Å². The minimum absolute atomic E-state index is 0.119. The van der Waals surface area contributed by atoms with Crippen molar-refractivity contribution in [3.63, 3.8) is 0 Å². The number of nitrogens with zero attached hydrogens (tertiary/aromatic N) is 4. The van der Waals surface area contributed by atoms with E-state index in [1.165, 1.54) is 17.3 Å². The monoisotopic (exact) mass is 402 g/mol. The molecular weight excluding hydrogens is 381 g/mol. The Balaban J connectivity index is 1.21. The van der Waals surface area contributed by atoms with Gasteiger partial charge in [0, 0.05) is 48.6 Å². The number of carbonyl (C=O) groups is 1. The molecule has 5 nitrogen and oxygen atoms in total. The Morgan fingerprint density at radius 3 is 2.83 bits per heavy atom. The molecule has 1 amide bonds. The second-order valence-corrected chi connectivity index (χ2v) is 8.23. The highest BCUT2D eigenvalue weighted by Gasteiger charge is 2.41. The highest BCUT2D eigenvalue weighted by molar-refractivity contribution is 5.78. The third-order valence-electron chi connectivity index (χ3n) is 6.21. The average molecular weight is 402 g/mol. The van der Waals surface area contributed by atoms with Crippen LogP contribution in [0.15, 0.2) is 24.4 Å². The lowest BCUT2D eigenvalue weighted by molar-refractivity contribution is -0.141. The number of carbonyl (C=O) groups excluding carboxylic acids is 1. The van der Waals surface area contributed by atoms with Crippen molar-refractivity contribution in [3.05, 3.63) is 52.6 Å². The van der Waals surface area contributed by atoms with Gasteiger partial charge in [-0.05, 0) is 43.5 Å². The van der Waals surface area contributed by atoms with Gasteiger partial charge in [0.25, 0.3) is 0 Å². The Morgan fingerprint density at radius 1 is 1.28 bits per heavy atom. The maximum Gasteiger partial charge on any atom is 0.433 e. The fraction of sp³-hybridized carbons (Fsp3) is 0.476. The summed E-state index contributed by atoms with van der Waals surface area (Å²) in [6.45, 7) is 3.73. The molecule has 0 bridgehead atoms. The summed E-state index contributed by atoms with van der Waals surface area (Å²) in [6, 6.07) is 4.92. The summed E-state index contributed by atoms with van der Waals surface area (Å²) >= 11 is 0. The van der Waals surface area contributed by atoms with Crippen LogP contribution in [-0.2, 0) is 23.9 Å². The van der Waals surface area contributed by atoms with Crippen molar-refractivity contribution in [2.75, 3.05) is 18.0 Å². The summed E-state index contributed by atoms with van der Waals surface area (Å²) in [5.74, 6) is 0.276. The predicted molar refractivity (Wildman–Crippen MR) is 100 cm³/mol. The lowest BCUT2D eigenvalue weighted by atomic mass is 9.94. The first-order valence-corrected chi connectivity index (χ1v) is 9.86. The van der Waals surface area contributed by atoms with Crippen LogP contribution in [0.3, 0.4) is 0 Å². The Morgan fingerprint density at radius 2 is 2.07 bits per heavy atom. The first-order chi connectivity index (χ1) is 13.8. The Labute approximate surface area is 166 Å². The lowest BCUT2D eigenvalue weighted by Gasteiger charge is -2.41. The molecule has 1 unspecified atom stereocenters. The third kappa shape index (κ3) is 3.14. The van der Waals surface area contributed by atoms with E-state index < -0.39 is 11.9 Å². The number of aromatic nitrogens is 2. The van der Waals surface area contributed by atoms with E-state index in [1.54, 1.807) is 6.07 Å². The van der Waals surface area contributed by atoms with Crippen LogP contribution in [0, 0.1) is 12.8 Å². The summed E-state index contributed by atoms with van der Waals surface area (Å²) in [6.07, 6.45) is -0.904. The lowest BCUT2D eigenvalue weighted by Crippen LogP contribution is -2.49. The Kier molecular flexibility index (Phi) is 4.08. The fourth-order valence-electron chi connectivity index (χ4n) is 4.88. The molecule has 5 rings (SSSR count). The van der Waals surface area contributed by atoms with Gasteiger partial charge >= 0.3 is 6.18 Å². The zero-order chi connectivity index (χ0) is 20.3. The highest BCUT2D eigenvalue weighted by atomic mass is 19.4. The van der Waals surface area contributed by atoms with Gasteiger partial charge in [0.05, 0.1) is 18.3 Å². The molecule has 29 heavy (non-hydrogen) atoms. The van der Waals surface area contributed by atoms with Crippen LogP contribution >= 0.6 is 0 Å².